The minimum Gasteiger partial charge on any atom is -0.457 e. The molecule has 2 aromatic carbocycles. The van der Waals surface area contributed by atoms with E-state index in [1.54, 1.807) is 22.4 Å². The number of halogens is 3. The quantitative estimate of drug-likeness (QED) is 0.369. The summed E-state index contributed by atoms with van der Waals surface area (Å²) in [6.07, 6.45) is -1.20. The number of ether oxygens (including phenoxy) is 1. The predicted molar refractivity (Wildman–Crippen MR) is 128 cm³/mol. The molecule has 5 rings (SSSR count). The van der Waals surface area contributed by atoms with Crippen LogP contribution in [0.4, 0.5) is 13.2 Å². The second kappa shape index (κ2) is 9.63. The zero-order chi connectivity index (χ0) is 26.2. The van der Waals surface area contributed by atoms with Gasteiger partial charge in [-0.15, -0.1) is 11.3 Å². The Hall–Kier alpha value is -3.71. The molecule has 0 aliphatic carbocycles. The van der Waals surface area contributed by atoms with Gasteiger partial charge in [-0.3, -0.25) is 4.79 Å². The SMILES string of the molecule is O=C(c1c[nH]c(S(=O)(=O)Cc2nccs2)n1)N1CCc2c(cccc2Oc2ccc(C(F)(F)F)cc2)C1. The van der Waals surface area contributed by atoms with Crippen LogP contribution >= 0.6 is 11.3 Å². The molecule has 4 aromatic rings. The van der Waals surface area contributed by atoms with Crippen molar-refractivity contribution in [2.75, 3.05) is 6.54 Å². The van der Waals surface area contributed by atoms with Gasteiger partial charge < -0.3 is 14.6 Å². The number of nitrogens with zero attached hydrogens (tertiary/aromatic N) is 3. The minimum absolute atomic E-state index is 0.0154. The summed E-state index contributed by atoms with van der Waals surface area (Å²) in [6.45, 7) is 0.569. The van der Waals surface area contributed by atoms with Gasteiger partial charge >= 0.3 is 6.18 Å². The summed E-state index contributed by atoms with van der Waals surface area (Å²) < 4.78 is 69.5. The Morgan fingerprint density at radius 1 is 1.16 bits per heavy atom. The van der Waals surface area contributed by atoms with E-state index >= 15 is 0 Å². The molecule has 13 heteroatoms. The van der Waals surface area contributed by atoms with Gasteiger partial charge in [-0.2, -0.15) is 13.2 Å². The first-order valence-corrected chi connectivity index (χ1v) is 13.5. The molecule has 8 nitrogen and oxygen atoms in total. The molecule has 0 radical (unpaired) electrons. The Morgan fingerprint density at radius 3 is 2.65 bits per heavy atom. The lowest BCUT2D eigenvalue weighted by molar-refractivity contribution is -0.137. The second-order valence-corrected chi connectivity index (χ2v) is 11.2. The maximum atomic E-state index is 13.1. The van der Waals surface area contributed by atoms with Gasteiger partial charge in [0.2, 0.25) is 15.0 Å². The van der Waals surface area contributed by atoms with E-state index in [0.29, 0.717) is 23.7 Å². The molecule has 1 aliphatic rings. The molecule has 0 saturated heterocycles. The third-order valence-electron chi connectivity index (χ3n) is 5.78. The van der Waals surface area contributed by atoms with Crippen LogP contribution in [0, 0.1) is 0 Å². The highest BCUT2D eigenvalue weighted by atomic mass is 32.2. The van der Waals surface area contributed by atoms with Gasteiger partial charge in [-0.05, 0) is 42.3 Å². The first-order chi connectivity index (χ1) is 17.6. The number of sulfone groups is 1. The molecule has 1 amide bonds. The zero-order valence-corrected chi connectivity index (χ0v) is 20.7. The van der Waals surface area contributed by atoms with Crippen molar-refractivity contribution >= 4 is 27.1 Å². The average Bonchev–Trinajstić information content (AvgIpc) is 3.56. The van der Waals surface area contributed by atoms with Gasteiger partial charge in [0.15, 0.2) is 0 Å². The molecule has 192 valence electrons. The van der Waals surface area contributed by atoms with Crippen molar-refractivity contribution < 1.29 is 31.1 Å². The molecule has 1 N–H and O–H groups in total. The van der Waals surface area contributed by atoms with Gasteiger partial charge in [-0.1, -0.05) is 12.1 Å². The van der Waals surface area contributed by atoms with E-state index in [1.807, 2.05) is 6.07 Å². The fourth-order valence-corrected chi connectivity index (χ4v) is 6.12. The summed E-state index contributed by atoms with van der Waals surface area (Å²) in [6, 6.07) is 9.74. The van der Waals surface area contributed by atoms with Gasteiger partial charge in [0, 0.05) is 36.4 Å². The highest BCUT2D eigenvalue weighted by molar-refractivity contribution is 7.90. The molecule has 2 aromatic heterocycles. The Bertz CT molecular complexity index is 1530. The maximum absolute atomic E-state index is 13.1. The second-order valence-electron chi connectivity index (χ2n) is 8.27. The van der Waals surface area contributed by atoms with Crippen LogP contribution in [0.25, 0.3) is 0 Å². The van der Waals surface area contributed by atoms with Crippen LogP contribution in [-0.4, -0.2) is 40.7 Å². The standard InChI is InChI=1S/C24H19F3N4O4S2/c25-24(26,27)16-4-6-17(7-5-16)35-20-3-1-2-15-13-31(10-8-18(15)20)22(32)19-12-29-23(30-19)37(33,34)14-21-28-9-11-36-21/h1-7,9,11-12H,8,10,13-14H2,(H,29,30). The minimum atomic E-state index is -4.43. The van der Waals surface area contributed by atoms with E-state index in [0.717, 1.165) is 23.3 Å². The molecule has 0 bridgehead atoms. The van der Waals surface area contributed by atoms with Crippen LogP contribution in [0.1, 0.15) is 32.2 Å². The number of alkyl halides is 3. The number of imidazole rings is 1. The van der Waals surface area contributed by atoms with Gasteiger partial charge in [0.05, 0.1) is 5.56 Å². The Balaban J connectivity index is 1.29. The highest BCUT2D eigenvalue weighted by Gasteiger charge is 2.30. The number of H-pyrrole nitrogens is 1. The number of carbonyl (C=O) groups is 1. The van der Waals surface area contributed by atoms with Crippen molar-refractivity contribution in [2.24, 2.45) is 0 Å². The van der Waals surface area contributed by atoms with E-state index in [4.69, 9.17) is 4.74 Å². The first kappa shape index (κ1) is 25.0. The fourth-order valence-electron chi connectivity index (χ4n) is 3.97. The molecule has 3 heterocycles. The summed E-state index contributed by atoms with van der Waals surface area (Å²) in [5, 5.41) is 1.80. The summed E-state index contributed by atoms with van der Waals surface area (Å²) in [5.41, 5.74) is 0.885. The van der Waals surface area contributed by atoms with E-state index < -0.39 is 27.5 Å². The predicted octanol–water partition coefficient (Wildman–Crippen LogP) is 4.85. The number of fused-ring (bicyclic) bond motifs is 1. The Morgan fingerprint density at radius 2 is 1.95 bits per heavy atom. The summed E-state index contributed by atoms with van der Waals surface area (Å²) in [7, 11) is -3.79. The number of rotatable bonds is 6. The number of benzene rings is 2. The van der Waals surface area contributed by atoms with Gasteiger partial charge in [0.1, 0.15) is 28.0 Å². The average molecular weight is 549 g/mol. The number of hydrogen-bond acceptors (Lipinski definition) is 7. The van der Waals surface area contributed by atoms with E-state index in [-0.39, 0.29) is 28.9 Å². The number of thiazole rings is 1. The van der Waals surface area contributed by atoms with Crippen LogP contribution in [0.2, 0.25) is 0 Å². The van der Waals surface area contributed by atoms with Gasteiger partial charge in [-0.25, -0.2) is 18.4 Å². The van der Waals surface area contributed by atoms with E-state index in [1.165, 1.54) is 35.9 Å². The number of amides is 1. The molecule has 0 atom stereocenters. The topological polar surface area (TPSA) is 105 Å². The van der Waals surface area contributed by atoms with Crippen molar-refractivity contribution in [2.45, 2.75) is 30.1 Å². The Kier molecular flexibility index (Phi) is 6.50. The lowest BCUT2D eigenvalue weighted by Gasteiger charge is -2.29. The van der Waals surface area contributed by atoms with Crippen LogP contribution < -0.4 is 4.74 Å². The largest absolute Gasteiger partial charge is 0.457 e. The number of carbonyl (C=O) groups excluding carboxylic acids is 1. The number of hydrogen-bond donors (Lipinski definition) is 1. The van der Waals surface area contributed by atoms with Crippen molar-refractivity contribution in [3.8, 4) is 11.5 Å². The number of aromatic amines is 1. The zero-order valence-electron chi connectivity index (χ0n) is 19.0. The molecular weight excluding hydrogens is 529 g/mol. The molecule has 0 fully saturated rings. The van der Waals surface area contributed by atoms with Crippen LogP contribution in [0.15, 0.2) is 65.4 Å². The normalized spacial score (nSPS) is 13.9. The maximum Gasteiger partial charge on any atom is 0.416 e. The number of nitrogens with one attached hydrogen (secondary N) is 1. The summed E-state index contributed by atoms with van der Waals surface area (Å²) in [5.74, 6) is 0.0270. The fraction of sp³-hybridized carbons (Fsp3) is 0.208. The molecular formula is C24H19F3N4O4S2. The van der Waals surface area contributed by atoms with E-state index in [9.17, 15) is 26.4 Å². The molecule has 0 unspecified atom stereocenters. The third-order valence-corrected chi connectivity index (χ3v) is 8.20. The smallest absolute Gasteiger partial charge is 0.416 e. The third kappa shape index (κ3) is 5.37. The Labute approximate surface area is 213 Å². The summed E-state index contributed by atoms with van der Waals surface area (Å²) >= 11 is 1.21. The van der Waals surface area contributed by atoms with Gasteiger partial charge in [0.25, 0.3) is 5.91 Å². The van der Waals surface area contributed by atoms with Crippen LogP contribution in [-0.2, 0) is 34.7 Å². The van der Waals surface area contributed by atoms with Crippen molar-refractivity contribution in [3.63, 3.8) is 0 Å². The molecule has 0 spiro atoms. The van der Waals surface area contributed by atoms with Crippen molar-refractivity contribution in [1.29, 1.82) is 0 Å². The first-order valence-electron chi connectivity index (χ1n) is 11.0. The molecule has 1 aliphatic heterocycles. The highest BCUT2D eigenvalue weighted by Crippen LogP contribution is 2.34. The molecule has 0 saturated carbocycles. The van der Waals surface area contributed by atoms with Crippen LogP contribution in [0.5, 0.6) is 11.5 Å². The van der Waals surface area contributed by atoms with Crippen molar-refractivity contribution in [1.82, 2.24) is 19.9 Å². The number of aromatic nitrogens is 3. The van der Waals surface area contributed by atoms with Crippen molar-refractivity contribution in [3.05, 3.63) is 87.6 Å². The lowest BCUT2D eigenvalue weighted by atomic mass is 9.98. The van der Waals surface area contributed by atoms with Crippen LogP contribution in [0.3, 0.4) is 0 Å². The molecule has 37 heavy (non-hydrogen) atoms. The lowest BCUT2D eigenvalue weighted by Crippen LogP contribution is -2.36. The summed E-state index contributed by atoms with van der Waals surface area (Å²) in [4.78, 5) is 25.2. The van der Waals surface area contributed by atoms with E-state index in [2.05, 4.69) is 15.0 Å². The monoisotopic (exact) mass is 548 g/mol.